The minimum absolute atomic E-state index is 0.0580. The zero-order chi connectivity index (χ0) is 15.7. The molecule has 0 bridgehead atoms. The van der Waals surface area contributed by atoms with Gasteiger partial charge in [-0.05, 0) is 30.9 Å². The number of carbonyl (C=O) groups is 2. The summed E-state index contributed by atoms with van der Waals surface area (Å²) in [5.41, 5.74) is 0.849. The molecule has 3 rings (SSSR count). The van der Waals surface area contributed by atoms with E-state index < -0.39 is 0 Å². The van der Waals surface area contributed by atoms with Crippen LogP contribution >= 0.6 is 11.8 Å². The second kappa shape index (κ2) is 6.32. The lowest BCUT2D eigenvalue weighted by Gasteiger charge is -2.30. The molecular weight excluding hydrogens is 296 g/mol. The summed E-state index contributed by atoms with van der Waals surface area (Å²) in [5.74, 6) is 0.528. The Balaban J connectivity index is 1.68. The van der Waals surface area contributed by atoms with Gasteiger partial charge in [-0.2, -0.15) is 0 Å². The fourth-order valence-corrected chi connectivity index (χ4v) is 4.40. The van der Waals surface area contributed by atoms with Crippen LogP contribution in [0.1, 0.15) is 33.1 Å². The summed E-state index contributed by atoms with van der Waals surface area (Å²) in [6, 6.07) is 8.08. The minimum atomic E-state index is -0.323. The third-order valence-electron chi connectivity index (χ3n) is 4.46. The highest BCUT2D eigenvalue weighted by Gasteiger charge is 2.35. The van der Waals surface area contributed by atoms with Gasteiger partial charge in [0, 0.05) is 23.9 Å². The molecule has 1 saturated heterocycles. The molecule has 5 heteroatoms. The molecule has 2 atom stereocenters. The van der Waals surface area contributed by atoms with E-state index in [4.69, 9.17) is 0 Å². The fraction of sp³-hybridized carbons (Fsp3) is 0.529. The van der Waals surface area contributed by atoms with E-state index in [0.717, 1.165) is 30.0 Å². The maximum Gasteiger partial charge on any atom is 0.238 e. The van der Waals surface area contributed by atoms with E-state index in [1.807, 2.05) is 29.2 Å². The van der Waals surface area contributed by atoms with Crippen LogP contribution < -0.4 is 5.32 Å². The first-order valence-corrected chi connectivity index (χ1v) is 8.80. The number of thioether (sulfide) groups is 1. The normalized spacial score (nSPS) is 24.3. The molecule has 118 valence electrons. The van der Waals surface area contributed by atoms with Gasteiger partial charge in [0.25, 0.3) is 0 Å². The van der Waals surface area contributed by atoms with Gasteiger partial charge >= 0.3 is 0 Å². The van der Waals surface area contributed by atoms with E-state index in [0.29, 0.717) is 12.0 Å². The van der Waals surface area contributed by atoms with E-state index in [2.05, 4.69) is 19.2 Å². The van der Waals surface area contributed by atoms with Gasteiger partial charge in [0.1, 0.15) is 0 Å². The Morgan fingerprint density at radius 1 is 1.41 bits per heavy atom. The summed E-state index contributed by atoms with van der Waals surface area (Å²) < 4.78 is 0. The fourth-order valence-electron chi connectivity index (χ4n) is 3.30. The smallest absolute Gasteiger partial charge is 0.238 e. The van der Waals surface area contributed by atoms with Crippen LogP contribution in [0.25, 0.3) is 0 Å². The quantitative estimate of drug-likeness (QED) is 0.931. The van der Waals surface area contributed by atoms with Crippen LogP contribution in [-0.2, 0) is 9.59 Å². The lowest BCUT2D eigenvalue weighted by atomic mass is 10.0. The molecule has 1 aromatic rings. The topological polar surface area (TPSA) is 49.4 Å². The molecule has 1 fully saturated rings. The largest absolute Gasteiger partial charge is 0.339 e. The van der Waals surface area contributed by atoms with E-state index in [-0.39, 0.29) is 23.5 Å². The van der Waals surface area contributed by atoms with Crippen molar-refractivity contribution >= 4 is 29.3 Å². The minimum Gasteiger partial charge on any atom is -0.339 e. The number of likely N-dealkylation sites (tertiary alicyclic amines) is 1. The molecule has 0 aromatic heterocycles. The van der Waals surface area contributed by atoms with Crippen LogP contribution in [0.4, 0.5) is 5.69 Å². The van der Waals surface area contributed by atoms with Crippen LogP contribution in [0.2, 0.25) is 0 Å². The Bertz CT molecular complexity index is 588. The molecule has 0 saturated carbocycles. The average Bonchev–Trinajstić information content (AvgIpc) is 2.97. The predicted octanol–water partition coefficient (Wildman–Crippen LogP) is 3.14. The Morgan fingerprint density at radius 3 is 2.95 bits per heavy atom. The van der Waals surface area contributed by atoms with Gasteiger partial charge in [-0.1, -0.05) is 26.0 Å². The molecule has 2 unspecified atom stereocenters. The second-order valence-corrected chi connectivity index (χ2v) is 7.58. The first-order chi connectivity index (χ1) is 10.6. The highest BCUT2D eigenvalue weighted by atomic mass is 32.2. The van der Waals surface area contributed by atoms with Gasteiger partial charge in [0.15, 0.2) is 0 Å². The Morgan fingerprint density at radius 2 is 2.18 bits per heavy atom. The molecule has 2 amide bonds. The number of para-hydroxylation sites is 1. The van der Waals surface area contributed by atoms with Crippen LogP contribution in [0.5, 0.6) is 0 Å². The number of hydrogen-bond acceptors (Lipinski definition) is 3. The average molecular weight is 318 g/mol. The van der Waals surface area contributed by atoms with Crippen LogP contribution in [0.15, 0.2) is 29.2 Å². The standard InChI is InChI=1S/C17H22N2O2S/c1-11(2)13-7-5-9-19(13)16(20)10-15-17(21)18-12-6-3-4-8-14(12)22-15/h3-4,6,8,11,13,15H,5,7,9-10H2,1-2H3,(H,18,21). The molecule has 2 aliphatic rings. The number of nitrogens with one attached hydrogen (secondary N) is 1. The molecule has 0 aliphatic carbocycles. The molecule has 4 nitrogen and oxygen atoms in total. The van der Waals surface area contributed by atoms with Crippen molar-refractivity contribution in [2.45, 2.75) is 49.3 Å². The van der Waals surface area contributed by atoms with E-state index >= 15 is 0 Å². The lowest BCUT2D eigenvalue weighted by Crippen LogP contribution is -2.41. The van der Waals surface area contributed by atoms with Crippen LogP contribution in [0, 0.1) is 5.92 Å². The van der Waals surface area contributed by atoms with Gasteiger partial charge in [0.2, 0.25) is 11.8 Å². The molecular formula is C17H22N2O2S. The first-order valence-electron chi connectivity index (χ1n) is 7.92. The van der Waals surface area contributed by atoms with Gasteiger partial charge in [-0.15, -0.1) is 11.8 Å². The van der Waals surface area contributed by atoms with E-state index in [1.165, 1.54) is 11.8 Å². The summed E-state index contributed by atoms with van der Waals surface area (Å²) in [4.78, 5) is 27.9. The number of fused-ring (bicyclic) bond motifs is 1. The van der Waals surface area contributed by atoms with Gasteiger partial charge in [0.05, 0.1) is 10.9 Å². The van der Waals surface area contributed by atoms with Crippen molar-refractivity contribution < 1.29 is 9.59 Å². The number of anilines is 1. The molecule has 0 spiro atoms. The highest BCUT2D eigenvalue weighted by Crippen LogP contribution is 2.37. The highest BCUT2D eigenvalue weighted by molar-refractivity contribution is 8.01. The van der Waals surface area contributed by atoms with Gasteiger partial charge in [-0.25, -0.2) is 0 Å². The SMILES string of the molecule is CC(C)C1CCCN1C(=O)CC1Sc2ccccc2NC1=O. The Hall–Kier alpha value is -1.49. The van der Waals surface area contributed by atoms with Crippen molar-refractivity contribution in [2.75, 3.05) is 11.9 Å². The first kappa shape index (κ1) is 15.4. The molecule has 1 aromatic carbocycles. The van der Waals surface area contributed by atoms with Crippen molar-refractivity contribution in [3.8, 4) is 0 Å². The van der Waals surface area contributed by atoms with Crippen LogP contribution in [-0.4, -0.2) is 34.6 Å². The van der Waals surface area contributed by atoms with Crippen molar-refractivity contribution in [1.82, 2.24) is 4.90 Å². The number of carbonyl (C=O) groups excluding carboxylic acids is 2. The van der Waals surface area contributed by atoms with Gasteiger partial charge < -0.3 is 10.2 Å². The monoisotopic (exact) mass is 318 g/mol. The molecule has 2 heterocycles. The number of amides is 2. The number of nitrogens with zero attached hydrogens (tertiary/aromatic N) is 1. The molecule has 2 aliphatic heterocycles. The predicted molar refractivity (Wildman–Crippen MR) is 88.9 cm³/mol. The second-order valence-electron chi connectivity index (χ2n) is 6.34. The van der Waals surface area contributed by atoms with Gasteiger partial charge in [-0.3, -0.25) is 9.59 Å². The Kier molecular flexibility index (Phi) is 4.43. The molecule has 1 N–H and O–H groups in total. The third-order valence-corrected chi connectivity index (χ3v) is 5.73. The third kappa shape index (κ3) is 3.00. The summed E-state index contributed by atoms with van der Waals surface area (Å²) in [7, 11) is 0. The molecule has 0 radical (unpaired) electrons. The number of rotatable bonds is 3. The van der Waals surface area contributed by atoms with Crippen LogP contribution in [0.3, 0.4) is 0 Å². The summed E-state index contributed by atoms with van der Waals surface area (Å²) in [6.45, 7) is 5.15. The summed E-state index contributed by atoms with van der Waals surface area (Å²) >= 11 is 1.50. The van der Waals surface area contributed by atoms with Crippen molar-refractivity contribution in [2.24, 2.45) is 5.92 Å². The van der Waals surface area contributed by atoms with Crippen molar-refractivity contribution in [1.29, 1.82) is 0 Å². The zero-order valence-corrected chi connectivity index (χ0v) is 13.9. The number of benzene rings is 1. The zero-order valence-electron chi connectivity index (χ0n) is 13.0. The lowest BCUT2D eigenvalue weighted by molar-refractivity contribution is -0.134. The van der Waals surface area contributed by atoms with Crippen molar-refractivity contribution in [3.05, 3.63) is 24.3 Å². The summed E-state index contributed by atoms with van der Waals surface area (Å²) in [6.07, 6.45) is 2.44. The molecule has 22 heavy (non-hydrogen) atoms. The summed E-state index contributed by atoms with van der Waals surface area (Å²) in [5, 5.41) is 2.59. The van der Waals surface area contributed by atoms with E-state index in [1.54, 1.807) is 0 Å². The maximum absolute atomic E-state index is 12.6. The maximum atomic E-state index is 12.6. The van der Waals surface area contributed by atoms with E-state index in [9.17, 15) is 9.59 Å². The Labute approximate surface area is 135 Å². The number of hydrogen-bond donors (Lipinski definition) is 1. The van der Waals surface area contributed by atoms with Crippen molar-refractivity contribution in [3.63, 3.8) is 0 Å².